The molecule has 0 saturated carbocycles. The van der Waals surface area contributed by atoms with Crippen molar-refractivity contribution in [2.45, 2.75) is 6.92 Å². The average molecular weight is 397 g/mol. The van der Waals surface area contributed by atoms with Crippen LogP contribution < -0.4 is 20.9 Å². The molecule has 0 amide bonds. The molecule has 3 N–H and O–H groups in total. The first kappa shape index (κ1) is 19.5. The van der Waals surface area contributed by atoms with Crippen LogP contribution in [0.1, 0.15) is 17.4 Å². The summed E-state index contributed by atoms with van der Waals surface area (Å²) in [5.74, 6) is 6.83. The zero-order valence-electron chi connectivity index (χ0n) is 13.7. The number of hydrazine groups is 1. The number of halogens is 1. The number of carbonyl (C=O) groups excluding carboxylic acids is 1. The number of nitrogens with zero attached hydrogens (tertiary/aromatic N) is 2. The van der Waals surface area contributed by atoms with Gasteiger partial charge in [0.05, 0.1) is 35.6 Å². The van der Waals surface area contributed by atoms with E-state index in [0.717, 1.165) is 0 Å². The molecule has 0 saturated heterocycles. The number of Topliss-reactive ketones (excluding diaryl/α,β-unsaturated/α-hetero) is 1. The molecular weight excluding hydrogens is 380 g/mol. The number of pyridine rings is 1. The Hall–Kier alpha value is -1.87. The summed E-state index contributed by atoms with van der Waals surface area (Å²) in [5.41, 5.74) is 1.76. The van der Waals surface area contributed by atoms with Crippen molar-refractivity contribution >= 4 is 57.1 Å². The van der Waals surface area contributed by atoms with E-state index in [-0.39, 0.29) is 5.78 Å². The van der Waals surface area contributed by atoms with Gasteiger partial charge in [-0.15, -0.1) is 0 Å². The average Bonchev–Trinajstić information content (AvgIpc) is 2.60. The van der Waals surface area contributed by atoms with E-state index in [0.29, 0.717) is 38.0 Å². The number of nitrogens with two attached hydrogens (primary N) is 1. The van der Waals surface area contributed by atoms with E-state index in [4.69, 9.17) is 34.4 Å². The van der Waals surface area contributed by atoms with E-state index in [1.54, 1.807) is 37.6 Å². The Kier molecular flexibility index (Phi) is 7.01. The number of nitrogens with one attached hydrogen (secondary N) is 1. The number of ketones is 1. The maximum absolute atomic E-state index is 11.2. The first-order valence-electron chi connectivity index (χ1n) is 7.18. The summed E-state index contributed by atoms with van der Waals surface area (Å²) < 4.78 is 5.79. The fraction of sp³-hybridized carbons (Fsp3) is 0.188. The highest BCUT2D eigenvalue weighted by Gasteiger charge is 2.10. The van der Waals surface area contributed by atoms with Crippen molar-refractivity contribution in [2.24, 2.45) is 5.84 Å². The maximum Gasteiger partial charge on any atom is 0.178 e. The van der Waals surface area contributed by atoms with Gasteiger partial charge in [0, 0.05) is 6.92 Å². The molecular formula is C16H17ClN4O2S2. The second-order valence-electron chi connectivity index (χ2n) is 4.93. The normalized spacial score (nSPS) is 10.2. The summed E-state index contributed by atoms with van der Waals surface area (Å²) in [6, 6.07) is 8.73. The van der Waals surface area contributed by atoms with Crippen LogP contribution in [0.3, 0.4) is 0 Å². The van der Waals surface area contributed by atoms with Crippen LogP contribution in [-0.2, 0) is 0 Å². The number of rotatable bonds is 6. The number of hydrogen-bond acceptors (Lipinski definition) is 7. The summed E-state index contributed by atoms with van der Waals surface area (Å²) in [7, 11) is 1.54. The van der Waals surface area contributed by atoms with E-state index in [9.17, 15) is 4.79 Å². The van der Waals surface area contributed by atoms with Crippen molar-refractivity contribution in [3.05, 3.63) is 47.2 Å². The van der Waals surface area contributed by atoms with Crippen molar-refractivity contribution in [3.63, 3.8) is 0 Å². The second kappa shape index (κ2) is 9.00. The van der Waals surface area contributed by atoms with Crippen molar-refractivity contribution in [3.8, 4) is 5.75 Å². The Bertz CT molecular complexity index is 771. The summed E-state index contributed by atoms with van der Waals surface area (Å²) in [4.78, 5) is 15.3. The lowest BCUT2D eigenvalue weighted by molar-refractivity contribution is 0.101. The number of benzene rings is 1. The van der Waals surface area contributed by atoms with Crippen molar-refractivity contribution < 1.29 is 9.53 Å². The topological polar surface area (TPSA) is 80.5 Å². The molecule has 2 rings (SSSR count). The number of thiocarbonyl (C=S) groups is 1. The lowest BCUT2D eigenvalue weighted by atomic mass is 10.2. The van der Waals surface area contributed by atoms with Gasteiger partial charge >= 0.3 is 0 Å². The third kappa shape index (κ3) is 5.30. The fourth-order valence-corrected chi connectivity index (χ4v) is 3.03. The first-order chi connectivity index (χ1) is 11.9. The van der Waals surface area contributed by atoms with Crippen LogP contribution in [0.15, 0.2) is 36.5 Å². The minimum absolute atomic E-state index is 0.0923. The predicted molar refractivity (Wildman–Crippen MR) is 108 cm³/mol. The molecule has 0 atom stereocenters. The molecule has 132 valence electrons. The molecule has 0 aliphatic carbocycles. The number of hydrogen-bond donors (Lipinski definition) is 2. The minimum atomic E-state index is -0.0923. The van der Waals surface area contributed by atoms with E-state index in [1.807, 2.05) is 6.07 Å². The summed E-state index contributed by atoms with van der Waals surface area (Å²) >= 11 is 12.7. The van der Waals surface area contributed by atoms with Crippen LogP contribution in [0.4, 0.5) is 11.4 Å². The molecule has 25 heavy (non-hydrogen) atoms. The third-order valence-corrected chi connectivity index (χ3v) is 4.71. The number of aromatic nitrogens is 1. The Balaban J connectivity index is 1.93. The first-order valence-corrected chi connectivity index (χ1v) is 8.95. The SMILES string of the molecule is COc1c(Cl)cccc1NC(=S)SCN(N)c1ccc(C(C)=O)nc1. The van der Waals surface area contributed by atoms with Gasteiger partial charge in [-0.2, -0.15) is 0 Å². The number of anilines is 2. The molecule has 0 unspecified atom stereocenters. The summed E-state index contributed by atoms with van der Waals surface area (Å²) in [6.07, 6.45) is 1.55. The summed E-state index contributed by atoms with van der Waals surface area (Å²) in [6.45, 7) is 1.46. The zero-order valence-corrected chi connectivity index (χ0v) is 16.0. The van der Waals surface area contributed by atoms with Gasteiger partial charge in [0.1, 0.15) is 10.0 Å². The lowest BCUT2D eigenvalue weighted by Gasteiger charge is -2.19. The largest absolute Gasteiger partial charge is 0.493 e. The van der Waals surface area contributed by atoms with Crippen LogP contribution in [0.25, 0.3) is 0 Å². The van der Waals surface area contributed by atoms with Gasteiger partial charge in [0.2, 0.25) is 0 Å². The van der Waals surface area contributed by atoms with Gasteiger partial charge in [0.15, 0.2) is 11.5 Å². The molecule has 1 aromatic heterocycles. The van der Waals surface area contributed by atoms with Gasteiger partial charge in [-0.25, -0.2) is 5.84 Å². The number of methoxy groups -OCH3 is 1. The van der Waals surface area contributed by atoms with Crippen LogP contribution in [-0.4, -0.2) is 28.1 Å². The van der Waals surface area contributed by atoms with Gasteiger partial charge in [0.25, 0.3) is 0 Å². The molecule has 0 radical (unpaired) electrons. The van der Waals surface area contributed by atoms with E-state index < -0.39 is 0 Å². The Morgan fingerprint density at radius 3 is 2.80 bits per heavy atom. The number of carbonyl (C=O) groups is 1. The molecule has 1 heterocycles. The van der Waals surface area contributed by atoms with Crippen molar-refractivity contribution in [1.29, 1.82) is 0 Å². The number of ether oxygens (including phenoxy) is 1. The summed E-state index contributed by atoms with van der Waals surface area (Å²) in [5, 5.41) is 5.06. The molecule has 6 nitrogen and oxygen atoms in total. The predicted octanol–water partition coefficient (Wildman–Crippen LogP) is 3.71. The highest BCUT2D eigenvalue weighted by atomic mass is 35.5. The number of para-hydroxylation sites is 1. The second-order valence-corrected chi connectivity index (χ2v) is 6.96. The van der Waals surface area contributed by atoms with Crippen molar-refractivity contribution in [2.75, 3.05) is 23.3 Å². The Morgan fingerprint density at radius 2 is 2.20 bits per heavy atom. The van der Waals surface area contributed by atoms with Gasteiger partial charge in [-0.05, 0) is 24.3 Å². The molecule has 0 fully saturated rings. The van der Waals surface area contributed by atoms with Gasteiger partial charge < -0.3 is 10.1 Å². The van der Waals surface area contributed by atoms with Crippen LogP contribution >= 0.6 is 35.6 Å². The zero-order chi connectivity index (χ0) is 18.4. The molecule has 1 aromatic carbocycles. The van der Waals surface area contributed by atoms with E-state index in [1.165, 1.54) is 23.7 Å². The Morgan fingerprint density at radius 1 is 1.44 bits per heavy atom. The highest BCUT2D eigenvalue weighted by Crippen LogP contribution is 2.33. The van der Waals surface area contributed by atoms with E-state index >= 15 is 0 Å². The third-order valence-electron chi connectivity index (χ3n) is 3.18. The number of thioether (sulfide) groups is 1. The molecule has 0 spiro atoms. The minimum Gasteiger partial charge on any atom is -0.493 e. The van der Waals surface area contributed by atoms with E-state index in [2.05, 4.69) is 10.3 Å². The molecule has 2 aromatic rings. The smallest absolute Gasteiger partial charge is 0.178 e. The standard InChI is InChI=1S/C16H17ClN4O2S2/c1-10(22)13-7-6-11(8-19-13)21(18)9-25-16(24)20-14-5-3-4-12(17)15(14)23-2/h3-8H,9,18H2,1-2H3,(H,20,24). The fourth-order valence-electron chi connectivity index (χ4n) is 1.93. The molecule has 0 aliphatic rings. The molecule has 0 aliphatic heterocycles. The van der Waals surface area contributed by atoms with Crippen LogP contribution in [0.2, 0.25) is 5.02 Å². The quantitative estimate of drug-likeness (QED) is 0.251. The monoisotopic (exact) mass is 396 g/mol. The molecule has 0 bridgehead atoms. The lowest BCUT2D eigenvalue weighted by Crippen LogP contribution is -2.31. The van der Waals surface area contributed by atoms with Gasteiger partial charge in [-0.3, -0.25) is 14.8 Å². The Labute approximate surface area is 160 Å². The van der Waals surface area contributed by atoms with Gasteiger partial charge in [-0.1, -0.05) is 41.6 Å². The van der Waals surface area contributed by atoms with Crippen LogP contribution in [0.5, 0.6) is 5.75 Å². The maximum atomic E-state index is 11.2. The van der Waals surface area contributed by atoms with Crippen LogP contribution in [0, 0.1) is 0 Å². The highest BCUT2D eigenvalue weighted by molar-refractivity contribution is 8.23. The molecule has 9 heteroatoms. The van der Waals surface area contributed by atoms with Crippen molar-refractivity contribution in [1.82, 2.24) is 4.98 Å².